The first kappa shape index (κ1) is 10.7. The van der Waals surface area contributed by atoms with Crippen molar-refractivity contribution >= 4 is 27.3 Å². The molecular weight excluding hydrogens is 266 g/mol. The van der Waals surface area contributed by atoms with Gasteiger partial charge in [0.1, 0.15) is 6.07 Å². The molecule has 0 aliphatic heterocycles. The second-order valence-corrected chi connectivity index (χ2v) is 3.99. The first-order chi connectivity index (χ1) is 7.81. The largest absolute Gasteiger partial charge is 0.352 e. The number of para-hydroxylation sites is 1. The summed E-state index contributed by atoms with van der Waals surface area (Å²) >= 11 is 3.43. The molecule has 0 aliphatic carbocycles. The van der Waals surface area contributed by atoms with E-state index in [9.17, 15) is 0 Å². The van der Waals surface area contributed by atoms with Crippen LogP contribution in [0.15, 0.2) is 47.2 Å². The van der Waals surface area contributed by atoms with Gasteiger partial charge in [-0.15, -0.1) is 0 Å². The standard InChI is InChI=1S/C12H8BrN3/c13-10-3-1-2-4-11(10)16-12-8-15-6-5-9(12)7-14/h1-6,8,16H. The van der Waals surface area contributed by atoms with Crippen molar-refractivity contribution in [1.29, 1.82) is 5.26 Å². The normalized spacial score (nSPS) is 9.50. The van der Waals surface area contributed by atoms with Gasteiger partial charge in [-0.3, -0.25) is 4.98 Å². The van der Waals surface area contributed by atoms with Crippen LogP contribution >= 0.6 is 15.9 Å². The van der Waals surface area contributed by atoms with E-state index in [1.165, 1.54) is 0 Å². The SMILES string of the molecule is N#Cc1ccncc1Nc1ccccc1Br. The van der Waals surface area contributed by atoms with Gasteiger partial charge in [-0.1, -0.05) is 12.1 Å². The van der Waals surface area contributed by atoms with Gasteiger partial charge in [0.05, 0.1) is 23.1 Å². The van der Waals surface area contributed by atoms with E-state index >= 15 is 0 Å². The van der Waals surface area contributed by atoms with E-state index < -0.39 is 0 Å². The number of rotatable bonds is 2. The number of aromatic nitrogens is 1. The Kier molecular flexibility index (Phi) is 3.18. The average molecular weight is 274 g/mol. The van der Waals surface area contributed by atoms with Crippen LogP contribution in [0.5, 0.6) is 0 Å². The number of benzene rings is 1. The highest BCUT2D eigenvalue weighted by molar-refractivity contribution is 9.10. The van der Waals surface area contributed by atoms with E-state index in [1.54, 1.807) is 18.5 Å². The minimum Gasteiger partial charge on any atom is -0.352 e. The molecule has 78 valence electrons. The molecule has 0 aliphatic rings. The molecular formula is C12H8BrN3. The van der Waals surface area contributed by atoms with Crippen LogP contribution < -0.4 is 5.32 Å². The van der Waals surface area contributed by atoms with Crippen LogP contribution in [0.1, 0.15) is 5.56 Å². The smallest absolute Gasteiger partial charge is 0.101 e. The number of nitrogens with zero attached hydrogens (tertiary/aromatic N) is 2. The summed E-state index contributed by atoms with van der Waals surface area (Å²) in [6.45, 7) is 0. The Hall–Kier alpha value is -1.86. The van der Waals surface area contributed by atoms with Crippen LogP contribution in [0.4, 0.5) is 11.4 Å². The van der Waals surface area contributed by atoms with Crippen LogP contribution in [0, 0.1) is 11.3 Å². The molecule has 1 aromatic heterocycles. The Morgan fingerprint density at radius 2 is 2.00 bits per heavy atom. The third kappa shape index (κ3) is 2.20. The maximum Gasteiger partial charge on any atom is 0.101 e. The van der Waals surface area contributed by atoms with Crippen molar-refractivity contribution < 1.29 is 0 Å². The average Bonchev–Trinajstić information content (AvgIpc) is 2.33. The summed E-state index contributed by atoms with van der Waals surface area (Å²) in [5.74, 6) is 0. The van der Waals surface area contributed by atoms with Crippen LogP contribution in [-0.2, 0) is 0 Å². The fraction of sp³-hybridized carbons (Fsp3) is 0. The predicted octanol–water partition coefficient (Wildman–Crippen LogP) is 3.46. The summed E-state index contributed by atoms with van der Waals surface area (Å²) in [4.78, 5) is 3.99. The highest BCUT2D eigenvalue weighted by atomic mass is 79.9. The molecule has 0 bridgehead atoms. The van der Waals surface area contributed by atoms with E-state index in [0.717, 1.165) is 10.2 Å². The van der Waals surface area contributed by atoms with Crippen molar-refractivity contribution in [2.75, 3.05) is 5.32 Å². The third-order valence-corrected chi connectivity index (χ3v) is 2.78. The van der Waals surface area contributed by atoms with E-state index in [2.05, 4.69) is 32.3 Å². The number of hydrogen-bond donors (Lipinski definition) is 1. The van der Waals surface area contributed by atoms with E-state index in [0.29, 0.717) is 11.3 Å². The lowest BCUT2D eigenvalue weighted by molar-refractivity contribution is 1.30. The lowest BCUT2D eigenvalue weighted by Gasteiger charge is -2.08. The second kappa shape index (κ2) is 4.77. The monoisotopic (exact) mass is 273 g/mol. The topological polar surface area (TPSA) is 48.7 Å². The van der Waals surface area contributed by atoms with E-state index in [-0.39, 0.29) is 0 Å². The second-order valence-electron chi connectivity index (χ2n) is 3.14. The molecule has 2 rings (SSSR count). The minimum atomic E-state index is 0.575. The first-order valence-corrected chi connectivity index (χ1v) is 5.46. The molecule has 0 amide bonds. The predicted molar refractivity (Wildman–Crippen MR) is 66.4 cm³/mol. The van der Waals surface area contributed by atoms with Crippen LogP contribution in [0.25, 0.3) is 0 Å². The Bertz CT molecular complexity index is 546. The van der Waals surface area contributed by atoms with Crippen molar-refractivity contribution in [1.82, 2.24) is 4.98 Å². The molecule has 1 N–H and O–H groups in total. The lowest BCUT2D eigenvalue weighted by atomic mass is 10.2. The van der Waals surface area contributed by atoms with Gasteiger partial charge >= 0.3 is 0 Å². The zero-order valence-corrected chi connectivity index (χ0v) is 9.90. The maximum absolute atomic E-state index is 8.94. The zero-order chi connectivity index (χ0) is 11.4. The van der Waals surface area contributed by atoms with Gasteiger partial charge in [0.15, 0.2) is 0 Å². The molecule has 1 aromatic carbocycles. The number of anilines is 2. The van der Waals surface area contributed by atoms with Gasteiger partial charge < -0.3 is 5.32 Å². The van der Waals surface area contributed by atoms with Gasteiger partial charge in [0.2, 0.25) is 0 Å². The number of pyridine rings is 1. The van der Waals surface area contributed by atoms with E-state index in [1.807, 2.05) is 24.3 Å². The highest BCUT2D eigenvalue weighted by Crippen LogP contribution is 2.26. The van der Waals surface area contributed by atoms with Crippen molar-refractivity contribution in [3.05, 3.63) is 52.8 Å². The summed E-state index contributed by atoms with van der Waals surface area (Å²) in [5, 5.41) is 12.1. The molecule has 2 aromatic rings. The lowest BCUT2D eigenvalue weighted by Crippen LogP contribution is -1.94. The summed E-state index contributed by atoms with van der Waals surface area (Å²) < 4.78 is 0.947. The van der Waals surface area contributed by atoms with Gasteiger partial charge in [0.25, 0.3) is 0 Å². The highest BCUT2D eigenvalue weighted by Gasteiger charge is 2.03. The molecule has 0 radical (unpaired) electrons. The Labute approximate surface area is 102 Å². The van der Waals surface area contributed by atoms with Crippen LogP contribution in [0.2, 0.25) is 0 Å². The number of halogens is 1. The molecule has 1 heterocycles. The summed E-state index contributed by atoms with van der Waals surface area (Å²) in [6, 6.07) is 11.5. The molecule has 0 atom stereocenters. The molecule has 3 nitrogen and oxygen atoms in total. The number of nitriles is 1. The Morgan fingerprint density at radius 3 is 2.75 bits per heavy atom. The third-order valence-electron chi connectivity index (χ3n) is 2.08. The molecule has 0 saturated carbocycles. The molecule has 0 saturated heterocycles. The number of hydrogen-bond acceptors (Lipinski definition) is 3. The molecule has 4 heteroatoms. The molecule has 0 unspecified atom stereocenters. The fourth-order valence-corrected chi connectivity index (χ4v) is 1.68. The van der Waals surface area contributed by atoms with Crippen molar-refractivity contribution in [2.45, 2.75) is 0 Å². The van der Waals surface area contributed by atoms with Crippen molar-refractivity contribution in [3.8, 4) is 6.07 Å². The van der Waals surface area contributed by atoms with Crippen LogP contribution in [0.3, 0.4) is 0 Å². The summed E-state index contributed by atoms with van der Waals surface area (Å²) in [6.07, 6.45) is 3.24. The quantitative estimate of drug-likeness (QED) is 0.912. The van der Waals surface area contributed by atoms with E-state index in [4.69, 9.17) is 5.26 Å². The zero-order valence-electron chi connectivity index (χ0n) is 8.31. The fourth-order valence-electron chi connectivity index (χ4n) is 1.30. The molecule has 16 heavy (non-hydrogen) atoms. The Morgan fingerprint density at radius 1 is 1.19 bits per heavy atom. The number of nitrogens with one attached hydrogen (secondary N) is 1. The minimum absolute atomic E-state index is 0.575. The molecule has 0 fully saturated rings. The van der Waals surface area contributed by atoms with Gasteiger partial charge in [-0.05, 0) is 34.1 Å². The van der Waals surface area contributed by atoms with Gasteiger partial charge in [-0.25, -0.2) is 0 Å². The Balaban J connectivity index is 2.35. The molecule has 0 spiro atoms. The van der Waals surface area contributed by atoms with Crippen molar-refractivity contribution in [3.63, 3.8) is 0 Å². The summed E-state index contributed by atoms with van der Waals surface area (Å²) in [7, 11) is 0. The maximum atomic E-state index is 8.94. The van der Waals surface area contributed by atoms with Gasteiger partial charge in [0, 0.05) is 10.7 Å². The van der Waals surface area contributed by atoms with Crippen LogP contribution in [-0.4, -0.2) is 4.98 Å². The van der Waals surface area contributed by atoms with Crippen molar-refractivity contribution in [2.24, 2.45) is 0 Å². The summed E-state index contributed by atoms with van der Waals surface area (Å²) in [5.41, 5.74) is 2.19. The van der Waals surface area contributed by atoms with Gasteiger partial charge in [-0.2, -0.15) is 5.26 Å². The first-order valence-electron chi connectivity index (χ1n) is 4.67.